The van der Waals surface area contributed by atoms with Gasteiger partial charge < -0.3 is 5.32 Å². The van der Waals surface area contributed by atoms with Crippen LogP contribution in [-0.4, -0.2) is 29.7 Å². The van der Waals surface area contributed by atoms with Crippen LogP contribution in [-0.2, 0) is 11.3 Å². The smallest absolute Gasteiger partial charge is 0.241 e. The zero-order valence-corrected chi connectivity index (χ0v) is 14.7. The van der Waals surface area contributed by atoms with Crippen LogP contribution in [0, 0.1) is 6.92 Å². The van der Waals surface area contributed by atoms with Gasteiger partial charge in [0.2, 0.25) is 5.91 Å². The lowest BCUT2D eigenvalue weighted by atomic mass is 10.1. The Kier molecular flexibility index (Phi) is 5.69. The number of aryl methyl sites for hydroxylation is 1. The molecular formula is C18H22N2O2S. The fourth-order valence-corrected chi connectivity index (χ4v) is 3.13. The van der Waals surface area contributed by atoms with Crippen molar-refractivity contribution in [3.63, 3.8) is 0 Å². The summed E-state index contributed by atoms with van der Waals surface area (Å²) in [5, 5.41) is 4.96. The predicted molar refractivity (Wildman–Crippen MR) is 95.1 cm³/mol. The molecule has 4 nitrogen and oxygen atoms in total. The van der Waals surface area contributed by atoms with E-state index in [1.54, 1.807) is 35.6 Å². The van der Waals surface area contributed by atoms with Crippen LogP contribution in [0.15, 0.2) is 35.7 Å². The highest BCUT2D eigenvalue weighted by molar-refractivity contribution is 7.10. The van der Waals surface area contributed by atoms with E-state index >= 15 is 0 Å². The lowest BCUT2D eigenvalue weighted by molar-refractivity contribution is -0.120. The Balaban J connectivity index is 1.96. The number of hydrogen-bond donors (Lipinski definition) is 1. The minimum Gasteiger partial charge on any atom is -0.325 e. The second-order valence-corrected chi connectivity index (χ2v) is 6.74. The van der Waals surface area contributed by atoms with Gasteiger partial charge in [-0.3, -0.25) is 14.5 Å². The van der Waals surface area contributed by atoms with E-state index in [1.807, 2.05) is 18.9 Å². The van der Waals surface area contributed by atoms with Crippen LogP contribution in [0.25, 0.3) is 0 Å². The Morgan fingerprint density at radius 2 is 1.87 bits per heavy atom. The molecule has 1 atom stereocenters. The zero-order valence-electron chi connectivity index (χ0n) is 13.9. The van der Waals surface area contributed by atoms with E-state index in [4.69, 9.17) is 0 Å². The summed E-state index contributed by atoms with van der Waals surface area (Å²) < 4.78 is 0. The van der Waals surface area contributed by atoms with E-state index in [-0.39, 0.29) is 17.7 Å². The molecule has 0 saturated carbocycles. The van der Waals surface area contributed by atoms with Crippen molar-refractivity contribution in [2.75, 3.05) is 12.4 Å². The van der Waals surface area contributed by atoms with E-state index in [1.165, 1.54) is 17.4 Å². The molecule has 1 aromatic carbocycles. The number of amides is 1. The first-order valence-electron chi connectivity index (χ1n) is 7.53. The molecule has 0 spiro atoms. The predicted octanol–water partition coefficient (Wildman–Crippen LogP) is 3.72. The number of carbonyl (C=O) groups excluding carboxylic acids is 2. The number of rotatable bonds is 6. The summed E-state index contributed by atoms with van der Waals surface area (Å²) in [6, 6.07) is 8.80. The number of likely N-dealkylation sites (N-methyl/N-ethyl adjacent to an activating group) is 1. The van der Waals surface area contributed by atoms with Crippen molar-refractivity contribution < 1.29 is 9.59 Å². The summed E-state index contributed by atoms with van der Waals surface area (Å²) in [5.74, 6) is -0.0421. The van der Waals surface area contributed by atoms with E-state index in [0.717, 1.165) is 6.54 Å². The van der Waals surface area contributed by atoms with Crippen molar-refractivity contribution in [2.24, 2.45) is 0 Å². The molecule has 0 fully saturated rings. The minimum absolute atomic E-state index is 0.0160. The first-order chi connectivity index (χ1) is 10.9. The van der Waals surface area contributed by atoms with E-state index in [0.29, 0.717) is 11.3 Å². The quantitative estimate of drug-likeness (QED) is 0.821. The van der Waals surface area contributed by atoms with Crippen LogP contribution in [0.2, 0.25) is 0 Å². The van der Waals surface area contributed by atoms with Crippen LogP contribution in [0.3, 0.4) is 0 Å². The monoisotopic (exact) mass is 330 g/mol. The molecule has 1 N–H and O–H groups in total. The van der Waals surface area contributed by atoms with E-state index in [9.17, 15) is 9.59 Å². The van der Waals surface area contributed by atoms with Crippen molar-refractivity contribution in [3.8, 4) is 0 Å². The highest BCUT2D eigenvalue weighted by atomic mass is 32.1. The van der Waals surface area contributed by atoms with Crippen LogP contribution in [0.5, 0.6) is 0 Å². The van der Waals surface area contributed by atoms with Crippen molar-refractivity contribution in [1.82, 2.24) is 4.90 Å². The summed E-state index contributed by atoms with van der Waals surface area (Å²) in [5.41, 5.74) is 2.60. The number of nitrogens with zero attached hydrogens (tertiary/aromatic N) is 1. The third kappa shape index (κ3) is 4.50. The SMILES string of the molecule is CC(=O)c1ccc(NC(=O)[C@@H](C)N(C)Cc2sccc2C)cc1. The van der Waals surface area contributed by atoms with Crippen molar-refractivity contribution in [2.45, 2.75) is 33.4 Å². The normalized spacial score (nSPS) is 12.2. The molecular weight excluding hydrogens is 308 g/mol. The van der Waals surface area contributed by atoms with Gasteiger partial charge in [-0.2, -0.15) is 0 Å². The Morgan fingerprint density at radius 1 is 1.22 bits per heavy atom. The molecule has 1 heterocycles. The average molecular weight is 330 g/mol. The number of Topliss-reactive ketones (excluding diaryl/α,β-unsaturated/α-hetero) is 1. The number of nitrogens with one attached hydrogen (secondary N) is 1. The first kappa shape index (κ1) is 17.4. The highest BCUT2D eigenvalue weighted by Gasteiger charge is 2.19. The fraction of sp³-hybridized carbons (Fsp3) is 0.333. The van der Waals surface area contributed by atoms with Gasteiger partial charge in [0.15, 0.2) is 5.78 Å². The molecule has 0 radical (unpaired) electrons. The molecule has 1 amide bonds. The van der Waals surface area contributed by atoms with E-state index in [2.05, 4.69) is 23.7 Å². The van der Waals surface area contributed by atoms with Crippen LogP contribution >= 0.6 is 11.3 Å². The van der Waals surface area contributed by atoms with Gasteiger partial charge in [-0.15, -0.1) is 11.3 Å². The lowest BCUT2D eigenvalue weighted by Crippen LogP contribution is -2.39. The maximum Gasteiger partial charge on any atom is 0.241 e. The molecule has 5 heteroatoms. The van der Waals surface area contributed by atoms with E-state index < -0.39 is 0 Å². The number of benzene rings is 1. The molecule has 0 bridgehead atoms. The Morgan fingerprint density at radius 3 is 2.39 bits per heavy atom. The van der Waals surface area contributed by atoms with Crippen molar-refractivity contribution in [1.29, 1.82) is 0 Å². The van der Waals surface area contributed by atoms with Crippen molar-refractivity contribution >= 4 is 28.7 Å². The van der Waals surface area contributed by atoms with Crippen LogP contribution in [0.1, 0.15) is 34.6 Å². The number of hydrogen-bond acceptors (Lipinski definition) is 4. The molecule has 2 rings (SSSR count). The topological polar surface area (TPSA) is 49.4 Å². The number of carbonyl (C=O) groups is 2. The molecule has 0 unspecified atom stereocenters. The standard InChI is InChI=1S/C18H22N2O2S/c1-12-9-10-23-17(12)11-20(4)13(2)18(22)19-16-7-5-15(6-8-16)14(3)21/h5-10,13H,11H2,1-4H3,(H,19,22)/t13-/m1/s1. The Bertz CT molecular complexity index is 691. The molecule has 0 saturated heterocycles. The second kappa shape index (κ2) is 7.53. The molecule has 0 aliphatic heterocycles. The molecule has 23 heavy (non-hydrogen) atoms. The lowest BCUT2D eigenvalue weighted by Gasteiger charge is -2.23. The maximum atomic E-state index is 12.4. The van der Waals surface area contributed by atoms with Gasteiger partial charge in [-0.05, 0) is 69.1 Å². The van der Waals surface area contributed by atoms with Gasteiger partial charge in [0.25, 0.3) is 0 Å². The summed E-state index contributed by atoms with van der Waals surface area (Å²) in [7, 11) is 1.95. The number of ketones is 1. The molecule has 2 aromatic rings. The maximum absolute atomic E-state index is 12.4. The second-order valence-electron chi connectivity index (χ2n) is 5.74. The molecule has 1 aromatic heterocycles. The number of anilines is 1. The first-order valence-corrected chi connectivity index (χ1v) is 8.41. The zero-order chi connectivity index (χ0) is 17.0. The average Bonchev–Trinajstić information content (AvgIpc) is 2.92. The Labute approximate surface area is 141 Å². The molecule has 122 valence electrons. The minimum atomic E-state index is -0.246. The highest BCUT2D eigenvalue weighted by Crippen LogP contribution is 2.18. The largest absolute Gasteiger partial charge is 0.325 e. The summed E-state index contributed by atoms with van der Waals surface area (Å²) in [6.45, 7) is 6.25. The molecule has 0 aliphatic carbocycles. The van der Waals surface area contributed by atoms with Gasteiger partial charge >= 0.3 is 0 Å². The van der Waals surface area contributed by atoms with Gasteiger partial charge in [0.05, 0.1) is 6.04 Å². The third-order valence-electron chi connectivity index (χ3n) is 3.96. The molecule has 0 aliphatic rings. The summed E-state index contributed by atoms with van der Waals surface area (Å²) >= 11 is 1.71. The van der Waals surface area contributed by atoms with Gasteiger partial charge in [-0.25, -0.2) is 0 Å². The third-order valence-corrected chi connectivity index (χ3v) is 4.97. The van der Waals surface area contributed by atoms with Gasteiger partial charge in [0.1, 0.15) is 0 Å². The summed E-state index contributed by atoms with van der Waals surface area (Å²) in [4.78, 5) is 26.9. The summed E-state index contributed by atoms with van der Waals surface area (Å²) in [6.07, 6.45) is 0. The van der Waals surface area contributed by atoms with Crippen LogP contribution in [0.4, 0.5) is 5.69 Å². The van der Waals surface area contributed by atoms with Crippen molar-refractivity contribution in [3.05, 3.63) is 51.7 Å². The van der Waals surface area contributed by atoms with Gasteiger partial charge in [0, 0.05) is 22.7 Å². The van der Waals surface area contributed by atoms with Crippen LogP contribution < -0.4 is 5.32 Å². The van der Waals surface area contributed by atoms with Gasteiger partial charge in [-0.1, -0.05) is 0 Å². The number of thiophene rings is 1. The Hall–Kier alpha value is -1.98. The fourth-order valence-electron chi connectivity index (χ4n) is 2.16.